The van der Waals surface area contributed by atoms with Gasteiger partial charge in [-0.05, 0) is 12.8 Å². The third-order valence-corrected chi connectivity index (χ3v) is 2.82. The molecule has 2 rings (SSSR count). The minimum atomic E-state index is -0.779. The number of nitrogens with one attached hydrogen (secondary N) is 2. The van der Waals surface area contributed by atoms with Gasteiger partial charge in [0, 0.05) is 19.3 Å². The van der Waals surface area contributed by atoms with E-state index >= 15 is 0 Å². The van der Waals surface area contributed by atoms with Crippen molar-refractivity contribution in [2.45, 2.75) is 18.9 Å². The molecule has 2 heterocycles. The molecule has 0 spiro atoms. The molecule has 0 aromatic carbocycles. The zero-order valence-corrected chi connectivity index (χ0v) is 9.73. The Morgan fingerprint density at radius 2 is 2.06 bits per heavy atom. The fraction of sp³-hybridized carbons (Fsp3) is 0.500. The van der Waals surface area contributed by atoms with Crippen molar-refractivity contribution >= 4 is 17.6 Å². The summed E-state index contributed by atoms with van der Waals surface area (Å²) in [4.78, 5) is 23.1. The maximum Gasteiger partial charge on any atom is 0.270 e. The van der Waals surface area contributed by atoms with Crippen LogP contribution in [0.4, 0.5) is 5.82 Å². The number of H-pyrrole nitrogens is 1. The van der Waals surface area contributed by atoms with Gasteiger partial charge in [0.2, 0.25) is 0 Å². The summed E-state index contributed by atoms with van der Waals surface area (Å²) in [5.74, 6) is -1.28. The first-order valence-corrected chi connectivity index (χ1v) is 5.62. The van der Waals surface area contributed by atoms with Crippen LogP contribution in [0.15, 0.2) is 0 Å². The highest BCUT2D eigenvalue weighted by Gasteiger charge is 2.24. The summed E-state index contributed by atoms with van der Waals surface area (Å²) in [7, 11) is 0. The van der Waals surface area contributed by atoms with Gasteiger partial charge >= 0.3 is 0 Å². The summed E-state index contributed by atoms with van der Waals surface area (Å²) in [6, 6.07) is 0.0245. The Bertz CT molecular complexity index is 464. The molecule has 1 aromatic heterocycles. The molecule has 1 aliphatic rings. The van der Waals surface area contributed by atoms with Crippen LogP contribution in [0.3, 0.4) is 0 Å². The van der Waals surface area contributed by atoms with Gasteiger partial charge in [-0.3, -0.25) is 14.7 Å². The van der Waals surface area contributed by atoms with Gasteiger partial charge in [0.05, 0.1) is 0 Å². The lowest BCUT2D eigenvalue weighted by atomic mass is 10.1. The second-order valence-electron chi connectivity index (χ2n) is 4.08. The maximum atomic E-state index is 12.0. The number of ether oxygens (including phenoxy) is 1. The molecule has 0 radical (unpaired) electrons. The maximum absolute atomic E-state index is 12.0. The minimum absolute atomic E-state index is 0.00601. The van der Waals surface area contributed by atoms with E-state index in [1.54, 1.807) is 0 Å². The first-order chi connectivity index (χ1) is 8.59. The zero-order valence-electron chi connectivity index (χ0n) is 9.73. The van der Waals surface area contributed by atoms with Gasteiger partial charge in [-0.15, -0.1) is 0 Å². The van der Waals surface area contributed by atoms with Crippen molar-refractivity contribution in [3.63, 3.8) is 0 Å². The molecule has 1 saturated heterocycles. The van der Waals surface area contributed by atoms with Crippen LogP contribution in [0, 0.1) is 0 Å². The van der Waals surface area contributed by atoms with Crippen LogP contribution < -0.4 is 16.8 Å². The molecule has 18 heavy (non-hydrogen) atoms. The number of hydrogen-bond donors (Lipinski definition) is 4. The third kappa shape index (κ3) is 2.43. The molecular weight excluding hydrogens is 238 g/mol. The van der Waals surface area contributed by atoms with Gasteiger partial charge in [0.25, 0.3) is 11.8 Å². The SMILES string of the molecule is NC(=O)c1c(N)n[nH]c1C(=O)NC1CCOCC1. The molecule has 1 aliphatic heterocycles. The molecule has 0 aliphatic carbocycles. The van der Waals surface area contributed by atoms with E-state index < -0.39 is 11.8 Å². The van der Waals surface area contributed by atoms with Crippen LogP contribution in [0.5, 0.6) is 0 Å². The van der Waals surface area contributed by atoms with E-state index in [-0.39, 0.29) is 23.1 Å². The number of carbonyl (C=O) groups is 2. The van der Waals surface area contributed by atoms with E-state index in [0.29, 0.717) is 13.2 Å². The molecule has 1 aromatic rings. The lowest BCUT2D eigenvalue weighted by Crippen LogP contribution is -2.39. The second kappa shape index (κ2) is 5.05. The standard InChI is InChI=1S/C10H15N5O3/c11-8-6(9(12)16)7(14-15-8)10(17)13-5-1-3-18-4-2-5/h5H,1-4H2,(H2,12,16)(H,13,17)(H3,11,14,15). The molecule has 8 heteroatoms. The number of anilines is 1. The number of primary amides is 1. The normalized spacial score (nSPS) is 16.4. The molecule has 0 saturated carbocycles. The average molecular weight is 253 g/mol. The number of carbonyl (C=O) groups excluding carboxylic acids is 2. The van der Waals surface area contributed by atoms with Crippen molar-refractivity contribution in [1.82, 2.24) is 15.5 Å². The van der Waals surface area contributed by atoms with E-state index in [4.69, 9.17) is 16.2 Å². The van der Waals surface area contributed by atoms with Crippen LogP contribution in [-0.4, -0.2) is 41.3 Å². The predicted molar refractivity (Wildman–Crippen MR) is 62.8 cm³/mol. The number of amides is 2. The molecule has 2 amide bonds. The number of aromatic nitrogens is 2. The van der Waals surface area contributed by atoms with Gasteiger partial charge in [-0.25, -0.2) is 0 Å². The highest BCUT2D eigenvalue weighted by Crippen LogP contribution is 2.14. The van der Waals surface area contributed by atoms with E-state index in [2.05, 4.69) is 15.5 Å². The summed E-state index contributed by atoms with van der Waals surface area (Å²) >= 11 is 0. The second-order valence-corrected chi connectivity index (χ2v) is 4.08. The van der Waals surface area contributed by atoms with Crippen molar-refractivity contribution in [2.24, 2.45) is 5.73 Å². The van der Waals surface area contributed by atoms with Crippen LogP contribution >= 0.6 is 0 Å². The molecule has 0 atom stereocenters. The zero-order chi connectivity index (χ0) is 13.1. The van der Waals surface area contributed by atoms with E-state index in [1.165, 1.54) is 0 Å². The highest BCUT2D eigenvalue weighted by molar-refractivity contribution is 6.08. The van der Waals surface area contributed by atoms with Crippen molar-refractivity contribution < 1.29 is 14.3 Å². The first-order valence-electron chi connectivity index (χ1n) is 5.62. The molecule has 6 N–H and O–H groups in total. The van der Waals surface area contributed by atoms with E-state index in [0.717, 1.165) is 12.8 Å². The average Bonchev–Trinajstić information content (AvgIpc) is 2.72. The fourth-order valence-electron chi connectivity index (χ4n) is 1.87. The topological polar surface area (TPSA) is 136 Å². The van der Waals surface area contributed by atoms with Crippen molar-refractivity contribution in [3.05, 3.63) is 11.3 Å². The molecule has 0 bridgehead atoms. The van der Waals surface area contributed by atoms with Crippen molar-refractivity contribution in [3.8, 4) is 0 Å². The van der Waals surface area contributed by atoms with E-state index in [9.17, 15) is 9.59 Å². The summed E-state index contributed by atoms with van der Waals surface area (Å²) in [6.45, 7) is 1.22. The fourth-order valence-corrected chi connectivity index (χ4v) is 1.87. The summed E-state index contributed by atoms with van der Waals surface area (Å²) in [5, 5.41) is 8.83. The van der Waals surface area contributed by atoms with Gasteiger partial charge in [-0.2, -0.15) is 5.10 Å². The Hall–Kier alpha value is -2.09. The van der Waals surface area contributed by atoms with Gasteiger partial charge in [0.1, 0.15) is 11.3 Å². The third-order valence-electron chi connectivity index (χ3n) is 2.82. The summed E-state index contributed by atoms with van der Waals surface area (Å²) < 4.78 is 5.19. The largest absolute Gasteiger partial charge is 0.382 e. The molecule has 8 nitrogen and oxygen atoms in total. The first kappa shape index (κ1) is 12.4. The van der Waals surface area contributed by atoms with Gasteiger partial charge in [-0.1, -0.05) is 0 Å². The van der Waals surface area contributed by atoms with E-state index in [1.807, 2.05) is 0 Å². The van der Waals surface area contributed by atoms with Crippen molar-refractivity contribution in [1.29, 1.82) is 0 Å². The molecular formula is C10H15N5O3. The number of nitrogens with two attached hydrogens (primary N) is 2. The predicted octanol–water partition coefficient (Wildman–Crippen LogP) is -1.00. The Morgan fingerprint density at radius 3 is 2.67 bits per heavy atom. The number of hydrogen-bond acceptors (Lipinski definition) is 5. The van der Waals surface area contributed by atoms with Crippen LogP contribution in [0.25, 0.3) is 0 Å². The van der Waals surface area contributed by atoms with Crippen molar-refractivity contribution in [2.75, 3.05) is 18.9 Å². The summed E-state index contributed by atoms with van der Waals surface area (Å²) in [6.07, 6.45) is 1.47. The number of nitrogen functional groups attached to an aromatic ring is 1. The number of rotatable bonds is 3. The smallest absolute Gasteiger partial charge is 0.270 e. The Balaban J connectivity index is 2.11. The van der Waals surface area contributed by atoms with Gasteiger partial charge < -0.3 is 21.5 Å². The molecule has 0 unspecified atom stereocenters. The number of aromatic amines is 1. The lowest BCUT2D eigenvalue weighted by molar-refractivity contribution is 0.0692. The van der Waals surface area contributed by atoms with Crippen LogP contribution in [0.2, 0.25) is 0 Å². The number of nitrogens with zero attached hydrogens (tertiary/aromatic N) is 1. The highest BCUT2D eigenvalue weighted by atomic mass is 16.5. The van der Waals surface area contributed by atoms with Crippen LogP contribution in [-0.2, 0) is 4.74 Å². The molecule has 1 fully saturated rings. The monoisotopic (exact) mass is 253 g/mol. The Labute approximate surface area is 103 Å². The van der Waals surface area contributed by atoms with Crippen LogP contribution in [0.1, 0.15) is 33.7 Å². The summed E-state index contributed by atoms with van der Waals surface area (Å²) in [5.41, 5.74) is 10.6. The minimum Gasteiger partial charge on any atom is -0.382 e. The quantitative estimate of drug-likeness (QED) is 0.547. The Kier molecular flexibility index (Phi) is 3.47. The molecule has 98 valence electrons. The van der Waals surface area contributed by atoms with Gasteiger partial charge in [0.15, 0.2) is 5.82 Å². The Morgan fingerprint density at radius 1 is 1.39 bits per heavy atom. The lowest BCUT2D eigenvalue weighted by Gasteiger charge is -2.22.